The van der Waals surface area contributed by atoms with Crippen LogP contribution in [-0.4, -0.2) is 54.8 Å². The van der Waals surface area contributed by atoms with Crippen molar-refractivity contribution < 1.29 is 31.5 Å². The number of anilines is 2. The fourth-order valence-corrected chi connectivity index (χ4v) is 6.70. The second kappa shape index (κ2) is 7.82. The van der Waals surface area contributed by atoms with E-state index >= 15 is 0 Å². The monoisotopic (exact) mass is 479 g/mol. The van der Waals surface area contributed by atoms with Gasteiger partial charge in [-0.05, 0) is 37.6 Å². The first-order valence-corrected chi connectivity index (χ1v) is 12.1. The molecule has 0 radical (unpaired) electrons. The first-order chi connectivity index (χ1) is 15.3. The van der Waals surface area contributed by atoms with E-state index in [4.69, 9.17) is 4.74 Å². The molecule has 2 aromatic rings. The number of alkyl halides is 2. The van der Waals surface area contributed by atoms with Crippen molar-refractivity contribution in [2.24, 2.45) is 5.41 Å². The Balaban J connectivity index is 1.63. The first kappa shape index (κ1) is 23.2. The lowest BCUT2D eigenvalue weighted by Crippen LogP contribution is -2.47. The van der Waals surface area contributed by atoms with E-state index in [-0.39, 0.29) is 35.5 Å². The Labute approximate surface area is 189 Å². The Morgan fingerprint density at radius 2 is 1.91 bits per heavy atom. The van der Waals surface area contributed by atoms with Crippen LogP contribution in [0.4, 0.5) is 20.2 Å². The van der Waals surface area contributed by atoms with Crippen LogP contribution in [0.15, 0.2) is 30.5 Å². The minimum absolute atomic E-state index is 0.0144. The predicted octanol–water partition coefficient (Wildman–Crippen LogP) is 3.08. The van der Waals surface area contributed by atoms with Crippen molar-refractivity contribution in [3.63, 3.8) is 0 Å². The van der Waals surface area contributed by atoms with Crippen LogP contribution in [-0.2, 0) is 20.0 Å². The number of ether oxygens (including phenoxy) is 1. The molecular weight excluding hydrogens is 456 g/mol. The Bertz CT molecular complexity index is 1230. The number of nitrogens with zero attached hydrogens (tertiary/aromatic N) is 3. The quantitative estimate of drug-likeness (QED) is 0.562. The maximum absolute atomic E-state index is 13.3. The van der Waals surface area contributed by atoms with Gasteiger partial charge in [-0.25, -0.2) is 17.2 Å². The van der Waals surface area contributed by atoms with Gasteiger partial charge in [-0.1, -0.05) is 6.92 Å². The normalized spacial score (nSPS) is 19.8. The molecule has 33 heavy (non-hydrogen) atoms. The van der Waals surface area contributed by atoms with Crippen LogP contribution >= 0.6 is 0 Å². The van der Waals surface area contributed by atoms with E-state index < -0.39 is 33.7 Å². The molecule has 11 heteroatoms. The van der Waals surface area contributed by atoms with Crippen LogP contribution in [0.3, 0.4) is 0 Å². The predicted molar refractivity (Wildman–Crippen MR) is 116 cm³/mol. The highest BCUT2D eigenvalue weighted by molar-refractivity contribution is 7.92. The van der Waals surface area contributed by atoms with E-state index in [1.807, 2.05) is 0 Å². The summed E-state index contributed by atoms with van der Waals surface area (Å²) in [7, 11) is -3.07. The minimum atomic E-state index is -3.07. The number of hydrogen-bond acceptors (Lipinski definition) is 7. The van der Waals surface area contributed by atoms with Gasteiger partial charge in [-0.15, -0.1) is 5.10 Å². The van der Waals surface area contributed by atoms with Gasteiger partial charge in [0.25, 0.3) is 6.43 Å². The molecule has 0 bridgehead atoms. The van der Waals surface area contributed by atoms with Gasteiger partial charge in [0.15, 0.2) is 22.2 Å². The summed E-state index contributed by atoms with van der Waals surface area (Å²) in [6, 6.07) is 6.27. The van der Waals surface area contributed by atoms with Crippen LogP contribution < -0.4 is 9.64 Å². The number of rotatable bonds is 7. The van der Waals surface area contributed by atoms with Crippen LogP contribution in [0, 0.1) is 5.41 Å². The smallest absolute Gasteiger partial charge is 0.272 e. The van der Waals surface area contributed by atoms with Gasteiger partial charge in [0.2, 0.25) is 11.8 Å². The molecule has 2 aliphatic rings. The Morgan fingerprint density at radius 1 is 1.21 bits per heavy atom. The molecule has 8 nitrogen and oxygen atoms in total. The molecule has 0 unspecified atom stereocenters. The fourth-order valence-electron chi connectivity index (χ4n) is 4.46. The van der Waals surface area contributed by atoms with E-state index in [1.165, 1.54) is 17.2 Å². The summed E-state index contributed by atoms with van der Waals surface area (Å²) in [6.45, 7) is 4.38. The van der Waals surface area contributed by atoms with Gasteiger partial charge in [0.05, 0.1) is 34.5 Å². The SMILES string of the molecule is CC1(CC(=O)c2ccc3c(c2)C(C)(C)C(=O)N3c2cnnc(OCC(F)F)c2)CS(=O)(=O)C1. The van der Waals surface area contributed by atoms with E-state index in [2.05, 4.69) is 10.2 Å². The first-order valence-electron chi connectivity index (χ1n) is 10.3. The summed E-state index contributed by atoms with van der Waals surface area (Å²) < 4.78 is 52.9. The number of amides is 1. The second-order valence-electron chi connectivity index (χ2n) is 9.39. The molecule has 0 saturated carbocycles. The number of aromatic nitrogens is 2. The second-order valence-corrected chi connectivity index (χ2v) is 11.5. The van der Waals surface area contributed by atoms with Crippen molar-refractivity contribution >= 4 is 32.9 Å². The molecule has 176 valence electrons. The van der Waals surface area contributed by atoms with Crippen molar-refractivity contribution in [3.8, 4) is 5.88 Å². The highest BCUT2D eigenvalue weighted by Crippen LogP contribution is 2.46. The third-order valence-electron chi connectivity index (χ3n) is 5.93. The number of halogens is 2. The number of Topliss-reactive ketones (excluding diaryl/α,β-unsaturated/α-hetero) is 1. The summed E-state index contributed by atoms with van der Waals surface area (Å²) in [5.41, 5.74) is 0.309. The lowest BCUT2D eigenvalue weighted by Gasteiger charge is -2.37. The Kier molecular flexibility index (Phi) is 5.50. The zero-order valence-electron chi connectivity index (χ0n) is 18.3. The molecule has 1 amide bonds. The van der Waals surface area contributed by atoms with Crippen molar-refractivity contribution in [2.45, 2.75) is 39.0 Å². The van der Waals surface area contributed by atoms with Gasteiger partial charge in [-0.2, -0.15) is 5.10 Å². The maximum Gasteiger partial charge on any atom is 0.272 e. The van der Waals surface area contributed by atoms with E-state index in [9.17, 15) is 26.8 Å². The van der Waals surface area contributed by atoms with E-state index in [1.54, 1.807) is 39.0 Å². The number of sulfone groups is 1. The lowest BCUT2D eigenvalue weighted by atomic mass is 9.83. The number of hydrogen-bond donors (Lipinski definition) is 0. The molecule has 1 saturated heterocycles. The summed E-state index contributed by atoms with van der Waals surface area (Å²) in [4.78, 5) is 27.6. The fraction of sp³-hybridized carbons (Fsp3) is 0.455. The Morgan fingerprint density at radius 3 is 2.55 bits per heavy atom. The highest BCUT2D eigenvalue weighted by atomic mass is 32.2. The van der Waals surface area contributed by atoms with Crippen molar-refractivity contribution in [3.05, 3.63) is 41.6 Å². The van der Waals surface area contributed by atoms with Crippen LogP contribution in [0.5, 0.6) is 5.88 Å². The van der Waals surface area contributed by atoms with Gasteiger partial charge in [-0.3, -0.25) is 14.5 Å². The molecular formula is C22H23F2N3O5S. The minimum Gasteiger partial charge on any atom is -0.470 e. The summed E-state index contributed by atoms with van der Waals surface area (Å²) in [5.74, 6) is -0.640. The van der Waals surface area contributed by atoms with Crippen LogP contribution in [0.2, 0.25) is 0 Å². The van der Waals surface area contributed by atoms with Crippen molar-refractivity contribution in [1.29, 1.82) is 0 Å². The maximum atomic E-state index is 13.3. The number of fused-ring (bicyclic) bond motifs is 1. The topological polar surface area (TPSA) is 107 Å². The number of carbonyl (C=O) groups is 2. The molecule has 1 aromatic carbocycles. The zero-order valence-corrected chi connectivity index (χ0v) is 19.2. The van der Waals surface area contributed by atoms with Gasteiger partial charge in [0, 0.05) is 23.5 Å². The Hall–Kier alpha value is -2.95. The standard InChI is InChI=1S/C22H23F2N3O5S/c1-21(2)15-6-13(17(28)8-22(3)11-33(30,31)12-22)4-5-16(15)27(20(21)29)14-7-19(26-25-9-14)32-10-18(23)24/h4-7,9,18H,8,10-12H2,1-3H3. The van der Waals surface area contributed by atoms with Gasteiger partial charge < -0.3 is 4.74 Å². The molecule has 2 aliphatic heterocycles. The number of ketones is 1. The largest absolute Gasteiger partial charge is 0.470 e. The molecule has 1 fully saturated rings. The molecule has 1 aromatic heterocycles. The molecule has 3 heterocycles. The third kappa shape index (κ3) is 4.33. The molecule has 0 atom stereocenters. The van der Waals surface area contributed by atoms with Gasteiger partial charge >= 0.3 is 0 Å². The third-order valence-corrected chi connectivity index (χ3v) is 8.20. The van der Waals surface area contributed by atoms with Crippen LogP contribution in [0.1, 0.15) is 43.1 Å². The van der Waals surface area contributed by atoms with Crippen LogP contribution in [0.25, 0.3) is 0 Å². The summed E-state index contributed by atoms with van der Waals surface area (Å²) in [6.07, 6.45) is -1.25. The molecule has 0 aliphatic carbocycles. The number of benzene rings is 1. The molecule has 0 spiro atoms. The highest BCUT2D eigenvalue weighted by Gasteiger charge is 2.47. The zero-order chi connectivity index (χ0) is 24.2. The summed E-state index contributed by atoms with van der Waals surface area (Å²) >= 11 is 0. The van der Waals surface area contributed by atoms with Crippen molar-refractivity contribution in [2.75, 3.05) is 23.0 Å². The molecule has 4 rings (SSSR count). The van der Waals surface area contributed by atoms with E-state index in [0.29, 0.717) is 22.5 Å². The van der Waals surface area contributed by atoms with Gasteiger partial charge in [0.1, 0.15) is 0 Å². The molecule has 0 N–H and O–H groups in total. The summed E-state index contributed by atoms with van der Waals surface area (Å²) in [5, 5.41) is 7.42. The van der Waals surface area contributed by atoms with E-state index in [0.717, 1.165) is 0 Å². The van der Waals surface area contributed by atoms with Crippen molar-refractivity contribution in [1.82, 2.24) is 10.2 Å². The lowest BCUT2D eigenvalue weighted by molar-refractivity contribution is -0.121. The number of carbonyl (C=O) groups excluding carboxylic acids is 2. The average molecular weight is 480 g/mol. The average Bonchev–Trinajstić information content (AvgIpc) is 2.90.